The van der Waals surface area contributed by atoms with Crippen LogP contribution in [0.3, 0.4) is 0 Å². The summed E-state index contributed by atoms with van der Waals surface area (Å²) in [5.74, 6) is 2.84. The maximum Gasteiger partial charge on any atom is 0.161 e. The van der Waals surface area contributed by atoms with E-state index in [2.05, 4.69) is 34.1 Å². The number of rotatable bonds is 7. The number of fused-ring (bicyclic) bond motifs is 6. The predicted octanol–water partition coefficient (Wildman–Crippen LogP) is 7.16. The Hall–Kier alpha value is -4.49. The molecule has 0 fully saturated rings. The molecule has 0 radical (unpaired) electrons. The summed E-state index contributed by atoms with van der Waals surface area (Å²) in [6, 6.07) is 25.4. The van der Waals surface area contributed by atoms with Gasteiger partial charge in [-0.3, -0.25) is 4.90 Å². The van der Waals surface area contributed by atoms with Gasteiger partial charge in [0.1, 0.15) is 23.9 Å². The summed E-state index contributed by atoms with van der Waals surface area (Å²) in [6.45, 7) is 1.27. The van der Waals surface area contributed by atoms with Crippen molar-refractivity contribution in [2.45, 2.75) is 31.5 Å². The lowest BCUT2D eigenvalue weighted by Gasteiger charge is -2.46. The van der Waals surface area contributed by atoms with Gasteiger partial charge in [-0.15, -0.1) is 0 Å². The third-order valence-corrected chi connectivity index (χ3v) is 8.69. The molecule has 2 aliphatic heterocycles. The third-order valence-electron chi connectivity index (χ3n) is 8.69. The van der Waals surface area contributed by atoms with Crippen molar-refractivity contribution >= 4 is 10.9 Å². The number of halogens is 1. The molecule has 0 aliphatic carbocycles. The highest BCUT2D eigenvalue weighted by Gasteiger charge is 2.41. The normalized spacial score (nSPS) is 17.7. The summed E-state index contributed by atoms with van der Waals surface area (Å²) in [5, 5.41) is 1.16. The standard InChI is InChI=1S/C35H33FN2O4/c1-39-25-6-4-5-21(15-25)20-42-33-16-23-13-14-38-31(27(23)19-32(33)41-3)18-29-28-17-26(40-2)11-12-30(28)37-34(29)35(38)22-7-9-24(36)10-8-22/h4-12,15-17,19,31,35,37H,13-14,18,20H2,1-3H3. The zero-order valence-electron chi connectivity index (χ0n) is 23.9. The first kappa shape index (κ1) is 26.4. The van der Waals surface area contributed by atoms with Crippen LogP contribution in [0.5, 0.6) is 23.0 Å². The summed E-state index contributed by atoms with van der Waals surface area (Å²) in [7, 11) is 5.05. The van der Waals surface area contributed by atoms with Gasteiger partial charge in [-0.05, 0) is 95.3 Å². The monoisotopic (exact) mass is 564 g/mol. The van der Waals surface area contributed by atoms with Crippen LogP contribution in [0, 0.1) is 5.82 Å². The third kappa shape index (κ3) is 4.54. The molecule has 0 spiro atoms. The Morgan fingerprint density at radius 3 is 2.45 bits per heavy atom. The van der Waals surface area contributed by atoms with E-state index in [0.29, 0.717) is 12.4 Å². The highest BCUT2D eigenvalue weighted by Crippen LogP contribution is 2.50. The SMILES string of the molecule is COc1cccc(COc2cc3c(cc2OC)C2Cc4c([nH]c5ccc(OC)cc45)C(c4ccc(F)cc4)N2CC3)c1. The highest BCUT2D eigenvalue weighted by molar-refractivity contribution is 5.87. The average molecular weight is 565 g/mol. The number of hydrogen-bond donors (Lipinski definition) is 1. The van der Waals surface area contributed by atoms with Gasteiger partial charge in [0, 0.05) is 29.2 Å². The maximum atomic E-state index is 14.0. The van der Waals surface area contributed by atoms with Crippen LogP contribution in [-0.4, -0.2) is 37.8 Å². The van der Waals surface area contributed by atoms with Gasteiger partial charge < -0.3 is 23.9 Å². The zero-order chi connectivity index (χ0) is 28.8. The molecule has 2 unspecified atom stereocenters. The van der Waals surface area contributed by atoms with Gasteiger partial charge in [0.05, 0.1) is 27.4 Å². The highest BCUT2D eigenvalue weighted by atomic mass is 19.1. The Bertz CT molecular complexity index is 1760. The van der Waals surface area contributed by atoms with Crippen LogP contribution >= 0.6 is 0 Å². The van der Waals surface area contributed by atoms with E-state index in [1.54, 1.807) is 33.5 Å². The molecule has 5 aromatic rings. The van der Waals surface area contributed by atoms with Crippen LogP contribution in [-0.2, 0) is 19.4 Å². The van der Waals surface area contributed by atoms with Crippen molar-refractivity contribution in [1.29, 1.82) is 0 Å². The minimum Gasteiger partial charge on any atom is -0.497 e. The molecule has 0 saturated carbocycles. The maximum absolute atomic E-state index is 14.0. The molecule has 0 saturated heterocycles. The number of H-pyrrole nitrogens is 1. The molecule has 42 heavy (non-hydrogen) atoms. The number of aromatic nitrogens is 1. The van der Waals surface area contributed by atoms with E-state index in [0.717, 1.165) is 64.4 Å². The first-order valence-corrected chi connectivity index (χ1v) is 14.2. The van der Waals surface area contributed by atoms with Gasteiger partial charge in [-0.25, -0.2) is 4.39 Å². The number of aromatic amines is 1. The van der Waals surface area contributed by atoms with E-state index in [-0.39, 0.29) is 17.9 Å². The molecule has 2 atom stereocenters. The number of hydrogen-bond acceptors (Lipinski definition) is 5. The molecule has 4 aromatic carbocycles. The number of nitrogens with zero attached hydrogens (tertiary/aromatic N) is 1. The zero-order valence-corrected chi connectivity index (χ0v) is 23.9. The van der Waals surface area contributed by atoms with Gasteiger partial charge in [-0.2, -0.15) is 0 Å². The van der Waals surface area contributed by atoms with Crippen LogP contribution in [0.1, 0.15) is 45.6 Å². The molecule has 7 heteroatoms. The van der Waals surface area contributed by atoms with Crippen LogP contribution in [0.4, 0.5) is 4.39 Å². The van der Waals surface area contributed by atoms with E-state index in [1.165, 1.54) is 16.7 Å². The molecule has 0 amide bonds. The Morgan fingerprint density at radius 1 is 0.857 bits per heavy atom. The lowest BCUT2D eigenvalue weighted by molar-refractivity contribution is 0.127. The van der Waals surface area contributed by atoms with Gasteiger partial charge in [0.25, 0.3) is 0 Å². The molecular weight excluding hydrogens is 531 g/mol. The first-order chi connectivity index (χ1) is 20.6. The summed E-state index contributed by atoms with van der Waals surface area (Å²) in [6.07, 6.45) is 1.70. The Kier molecular flexibility index (Phi) is 6.75. The average Bonchev–Trinajstić information content (AvgIpc) is 3.40. The molecule has 6 nitrogen and oxygen atoms in total. The quantitative estimate of drug-likeness (QED) is 0.227. The summed E-state index contributed by atoms with van der Waals surface area (Å²) < 4.78 is 37.1. The van der Waals surface area contributed by atoms with E-state index in [1.807, 2.05) is 42.5 Å². The van der Waals surface area contributed by atoms with Crippen LogP contribution < -0.4 is 18.9 Å². The van der Waals surface area contributed by atoms with Gasteiger partial charge in [-0.1, -0.05) is 24.3 Å². The Balaban J connectivity index is 1.29. The van der Waals surface area contributed by atoms with Crippen molar-refractivity contribution in [3.05, 3.63) is 118 Å². The van der Waals surface area contributed by atoms with Crippen molar-refractivity contribution in [2.75, 3.05) is 27.9 Å². The number of ether oxygens (including phenoxy) is 4. The Labute approximate surface area is 244 Å². The second-order valence-electron chi connectivity index (χ2n) is 10.9. The fourth-order valence-corrected chi connectivity index (χ4v) is 6.65. The topological polar surface area (TPSA) is 56.0 Å². The summed E-state index contributed by atoms with van der Waals surface area (Å²) in [5.41, 5.74) is 8.09. The van der Waals surface area contributed by atoms with Crippen molar-refractivity contribution in [2.24, 2.45) is 0 Å². The second-order valence-corrected chi connectivity index (χ2v) is 10.9. The summed E-state index contributed by atoms with van der Waals surface area (Å²) >= 11 is 0. The van der Waals surface area contributed by atoms with Gasteiger partial charge in [0.2, 0.25) is 0 Å². The molecule has 214 valence electrons. The minimum atomic E-state index is -0.233. The number of methoxy groups -OCH3 is 3. The Morgan fingerprint density at radius 2 is 1.67 bits per heavy atom. The van der Waals surface area contributed by atoms with E-state index >= 15 is 0 Å². The first-order valence-electron chi connectivity index (χ1n) is 14.2. The second kappa shape index (κ2) is 10.7. The fraction of sp³-hybridized carbons (Fsp3) is 0.257. The van der Waals surface area contributed by atoms with Crippen LogP contribution in [0.2, 0.25) is 0 Å². The lowest BCUT2D eigenvalue weighted by Crippen LogP contribution is -2.43. The van der Waals surface area contributed by atoms with Crippen molar-refractivity contribution < 1.29 is 23.3 Å². The minimum absolute atomic E-state index is 0.0409. The molecule has 0 bridgehead atoms. The van der Waals surface area contributed by atoms with Crippen molar-refractivity contribution in [3.8, 4) is 23.0 Å². The molecule has 7 rings (SSSR count). The van der Waals surface area contributed by atoms with Crippen molar-refractivity contribution in [3.63, 3.8) is 0 Å². The predicted molar refractivity (Wildman–Crippen MR) is 160 cm³/mol. The molecular formula is C35H33FN2O4. The fourth-order valence-electron chi connectivity index (χ4n) is 6.65. The largest absolute Gasteiger partial charge is 0.497 e. The van der Waals surface area contributed by atoms with E-state index in [4.69, 9.17) is 18.9 Å². The molecule has 1 N–H and O–H groups in total. The molecule has 3 heterocycles. The van der Waals surface area contributed by atoms with Gasteiger partial charge >= 0.3 is 0 Å². The van der Waals surface area contributed by atoms with Crippen molar-refractivity contribution in [1.82, 2.24) is 9.88 Å². The summed E-state index contributed by atoms with van der Waals surface area (Å²) in [4.78, 5) is 6.26. The molecule has 2 aliphatic rings. The molecule has 1 aromatic heterocycles. The van der Waals surface area contributed by atoms with E-state index in [9.17, 15) is 4.39 Å². The number of nitrogens with one attached hydrogen (secondary N) is 1. The smallest absolute Gasteiger partial charge is 0.161 e. The van der Waals surface area contributed by atoms with Gasteiger partial charge in [0.15, 0.2) is 11.5 Å². The van der Waals surface area contributed by atoms with E-state index < -0.39 is 0 Å². The van der Waals surface area contributed by atoms with Crippen LogP contribution in [0.15, 0.2) is 78.9 Å². The number of benzene rings is 4. The lowest BCUT2D eigenvalue weighted by atomic mass is 9.80. The van der Waals surface area contributed by atoms with Crippen LogP contribution in [0.25, 0.3) is 10.9 Å².